The number of hydrogen-bond acceptors (Lipinski definition) is 3. The van der Waals surface area contributed by atoms with Gasteiger partial charge in [0.05, 0.1) is 0 Å². The summed E-state index contributed by atoms with van der Waals surface area (Å²) in [5, 5.41) is 3.54. The van der Waals surface area contributed by atoms with Crippen LogP contribution in [0.1, 0.15) is 38.7 Å². The van der Waals surface area contributed by atoms with Crippen molar-refractivity contribution < 1.29 is 4.74 Å². The van der Waals surface area contributed by atoms with Gasteiger partial charge >= 0.3 is 0 Å². The molecule has 0 aliphatic carbocycles. The fourth-order valence-corrected chi connectivity index (χ4v) is 3.01. The van der Waals surface area contributed by atoms with Crippen molar-refractivity contribution in [3.8, 4) is 0 Å². The molecule has 22 heavy (non-hydrogen) atoms. The summed E-state index contributed by atoms with van der Waals surface area (Å²) < 4.78 is 5.77. The molecule has 1 aromatic rings. The molecule has 122 valence electrons. The minimum atomic E-state index is 0.365. The van der Waals surface area contributed by atoms with Crippen LogP contribution in [0.5, 0.6) is 0 Å². The molecule has 1 heterocycles. The first-order valence-electron chi connectivity index (χ1n) is 8.58. The van der Waals surface area contributed by atoms with Gasteiger partial charge in [-0.25, -0.2) is 0 Å². The lowest BCUT2D eigenvalue weighted by Gasteiger charge is -2.24. The van der Waals surface area contributed by atoms with Gasteiger partial charge < -0.3 is 10.1 Å². The SMILES string of the molecule is CCO[C@@H]1CCCN1CCCNC/C(C)=C/c1ccccc1. The number of nitrogens with zero attached hydrogens (tertiary/aromatic N) is 1. The zero-order valence-electron chi connectivity index (χ0n) is 14.1. The molecular formula is C19H30N2O. The Labute approximate surface area is 135 Å². The van der Waals surface area contributed by atoms with E-state index in [0.29, 0.717) is 6.23 Å². The van der Waals surface area contributed by atoms with Gasteiger partial charge in [0.1, 0.15) is 6.23 Å². The number of ether oxygens (including phenoxy) is 1. The second-order valence-electron chi connectivity index (χ2n) is 6.02. The lowest BCUT2D eigenvalue weighted by atomic mass is 10.1. The molecule has 0 radical (unpaired) electrons. The average molecular weight is 302 g/mol. The Kier molecular flexibility index (Phi) is 7.64. The van der Waals surface area contributed by atoms with Crippen LogP contribution in [0.15, 0.2) is 35.9 Å². The summed E-state index contributed by atoms with van der Waals surface area (Å²) >= 11 is 0. The average Bonchev–Trinajstić information content (AvgIpc) is 2.96. The predicted molar refractivity (Wildman–Crippen MR) is 93.8 cm³/mol. The summed E-state index contributed by atoms with van der Waals surface area (Å²) in [4.78, 5) is 2.48. The maximum atomic E-state index is 5.77. The topological polar surface area (TPSA) is 24.5 Å². The molecule has 3 nitrogen and oxygen atoms in total. The Morgan fingerprint density at radius 1 is 1.36 bits per heavy atom. The van der Waals surface area contributed by atoms with Gasteiger partial charge in [-0.15, -0.1) is 0 Å². The number of rotatable bonds is 9. The first-order chi connectivity index (χ1) is 10.8. The van der Waals surface area contributed by atoms with Crippen LogP contribution in [0.25, 0.3) is 6.08 Å². The van der Waals surface area contributed by atoms with Crippen molar-refractivity contribution in [2.24, 2.45) is 0 Å². The summed E-state index contributed by atoms with van der Waals surface area (Å²) in [6, 6.07) is 10.5. The maximum absolute atomic E-state index is 5.77. The van der Waals surface area contributed by atoms with Crippen LogP contribution < -0.4 is 5.32 Å². The molecule has 0 spiro atoms. The molecule has 0 aromatic heterocycles. The van der Waals surface area contributed by atoms with Crippen LogP contribution in [-0.4, -0.2) is 43.9 Å². The van der Waals surface area contributed by atoms with Crippen LogP contribution in [0.4, 0.5) is 0 Å². The molecule has 0 unspecified atom stereocenters. The highest BCUT2D eigenvalue weighted by atomic mass is 16.5. The molecular weight excluding hydrogens is 272 g/mol. The van der Waals surface area contributed by atoms with Crippen molar-refractivity contribution >= 4 is 6.08 Å². The normalized spacial score (nSPS) is 19.7. The van der Waals surface area contributed by atoms with Crippen LogP contribution in [0.2, 0.25) is 0 Å². The summed E-state index contributed by atoms with van der Waals surface area (Å²) in [5.41, 5.74) is 2.65. The van der Waals surface area contributed by atoms with Gasteiger partial charge in [0.15, 0.2) is 0 Å². The zero-order chi connectivity index (χ0) is 15.6. The van der Waals surface area contributed by atoms with E-state index in [0.717, 1.165) is 26.2 Å². The van der Waals surface area contributed by atoms with E-state index in [1.165, 1.54) is 36.9 Å². The number of nitrogens with one attached hydrogen (secondary N) is 1. The predicted octanol–water partition coefficient (Wildman–Crippen LogP) is 3.53. The lowest BCUT2D eigenvalue weighted by molar-refractivity contribution is -0.0294. The maximum Gasteiger partial charge on any atom is 0.110 e. The molecule has 1 saturated heterocycles. The van der Waals surface area contributed by atoms with E-state index in [4.69, 9.17) is 4.74 Å². The van der Waals surface area contributed by atoms with Crippen molar-refractivity contribution in [2.75, 3.05) is 32.8 Å². The quantitative estimate of drug-likeness (QED) is 0.706. The Balaban J connectivity index is 1.60. The number of likely N-dealkylation sites (tertiary alicyclic amines) is 1. The Morgan fingerprint density at radius 2 is 2.18 bits per heavy atom. The molecule has 1 aliphatic rings. The van der Waals surface area contributed by atoms with Crippen molar-refractivity contribution in [3.63, 3.8) is 0 Å². The molecule has 1 fully saturated rings. The van der Waals surface area contributed by atoms with Crippen LogP contribution in [0, 0.1) is 0 Å². The molecule has 0 bridgehead atoms. The van der Waals surface area contributed by atoms with Crippen molar-refractivity contribution in [3.05, 3.63) is 41.5 Å². The third-order valence-corrected chi connectivity index (χ3v) is 4.08. The van der Waals surface area contributed by atoms with E-state index < -0.39 is 0 Å². The van der Waals surface area contributed by atoms with Gasteiger partial charge in [0.2, 0.25) is 0 Å². The molecule has 1 atom stereocenters. The van der Waals surface area contributed by atoms with Crippen LogP contribution >= 0.6 is 0 Å². The largest absolute Gasteiger partial charge is 0.363 e. The Bertz CT molecular complexity index is 444. The molecule has 3 heteroatoms. The third-order valence-electron chi connectivity index (χ3n) is 4.08. The molecule has 1 aliphatic heterocycles. The monoisotopic (exact) mass is 302 g/mol. The first kappa shape index (κ1) is 17.2. The fraction of sp³-hybridized carbons (Fsp3) is 0.579. The fourth-order valence-electron chi connectivity index (χ4n) is 3.01. The van der Waals surface area contributed by atoms with Gasteiger partial charge in [-0.1, -0.05) is 42.0 Å². The van der Waals surface area contributed by atoms with Gasteiger partial charge in [0.25, 0.3) is 0 Å². The molecule has 1 N–H and O–H groups in total. The first-order valence-corrected chi connectivity index (χ1v) is 8.58. The van der Waals surface area contributed by atoms with Crippen molar-refractivity contribution in [2.45, 2.75) is 39.3 Å². The highest BCUT2D eigenvalue weighted by molar-refractivity contribution is 5.52. The van der Waals surface area contributed by atoms with Gasteiger partial charge in [0, 0.05) is 26.2 Å². The smallest absolute Gasteiger partial charge is 0.110 e. The summed E-state index contributed by atoms with van der Waals surface area (Å²) in [6.45, 7) is 9.45. The standard InChI is InChI=1S/C19H30N2O/c1-3-22-19-11-7-13-21(19)14-8-12-20-16-17(2)15-18-9-5-4-6-10-18/h4-6,9-10,15,19-20H,3,7-8,11-14,16H2,1-2H3/b17-15+/t19-/m1/s1. The van der Waals surface area contributed by atoms with E-state index in [1.807, 2.05) is 0 Å². The van der Waals surface area contributed by atoms with Gasteiger partial charge in [-0.05, 0) is 45.2 Å². The molecule has 2 rings (SSSR count). The molecule has 0 saturated carbocycles. The Hall–Kier alpha value is -1.16. The lowest BCUT2D eigenvalue weighted by Crippen LogP contribution is -2.34. The van der Waals surface area contributed by atoms with Crippen molar-refractivity contribution in [1.29, 1.82) is 0 Å². The van der Waals surface area contributed by atoms with E-state index in [2.05, 4.69) is 60.5 Å². The van der Waals surface area contributed by atoms with E-state index in [-0.39, 0.29) is 0 Å². The highest BCUT2D eigenvalue weighted by Gasteiger charge is 2.23. The van der Waals surface area contributed by atoms with Crippen LogP contribution in [0.3, 0.4) is 0 Å². The number of hydrogen-bond donors (Lipinski definition) is 1. The minimum Gasteiger partial charge on any atom is -0.363 e. The van der Waals surface area contributed by atoms with Crippen LogP contribution in [-0.2, 0) is 4.74 Å². The Morgan fingerprint density at radius 3 is 2.95 bits per heavy atom. The number of benzene rings is 1. The van der Waals surface area contributed by atoms with Gasteiger partial charge in [-0.2, -0.15) is 0 Å². The molecule has 0 amide bonds. The van der Waals surface area contributed by atoms with Gasteiger partial charge in [-0.3, -0.25) is 4.90 Å². The zero-order valence-corrected chi connectivity index (χ0v) is 14.1. The summed E-state index contributed by atoms with van der Waals surface area (Å²) in [7, 11) is 0. The molecule has 1 aromatic carbocycles. The van der Waals surface area contributed by atoms with E-state index in [9.17, 15) is 0 Å². The minimum absolute atomic E-state index is 0.365. The van der Waals surface area contributed by atoms with E-state index in [1.54, 1.807) is 0 Å². The van der Waals surface area contributed by atoms with Crippen molar-refractivity contribution in [1.82, 2.24) is 10.2 Å². The summed E-state index contributed by atoms with van der Waals surface area (Å²) in [6.07, 6.45) is 6.27. The van der Waals surface area contributed by atoms with E-state index >= 15 is 0 Å². The third kappa shape index (κ3) is 5.91. The second kappa shape index (κ2) is 9.78. The second-order valence-corrected chi connectivity index (χ2v) is 6.02. The summed E-state index contributed by atoms with van der Waals surface area (Å²) in [5.74, 6) is 0. The highest BCUT2D eigenvalue weighted by Crippen LogP contribution is 2.18.